The maximum atomic E-state index is 13.9. The van der Waals surface area contributed by atoms with E-state index < -0.39 is 24.8 Å². The van der Waals surface area contributed by atoms with Crippen molar-refractivity contribution in [3.8, 4) is 5.75 Å². The Kier molecular flexibility index (Phi) is 4.47. The van der Waals surface area contributed by atoms with Gasteiger partial charge in [-0.15, -0.1) is 0 Å². The van der Waals surface area contributed by atoms with Crippen molar-refractivity contribution in [3.05, 3.63) is 29.1 Å². The molecule has 6 nitrogen and oxygen atoms in total. The van der Waals surface area contributed by atoms with Gasteiger partial charge in [-0.05, 0) is 25.0 Å². The fourth-order valence-electron chi connectivity index (χ4n) is 2.21. The Hall–Kier alpha value is -2.09. The number of fused-ring (bicyclic) bond motifs is 1. The Bertz CT molecular complexity index is 580. The zero-order valence-electron chi connectivity index (χ0n) is 11.7. The summed E-state index contributed by atoms with van der Waals surface area (Å²) in [7, 11) is -1.36. The van der Waals surface area contributed by atoms with Gasteiger partial charge in [0, 0.05) is 6.92 Å². The van der Waals surface area contributed by atoms with Gasteiger partial charge in [-0.1, -0.05) is 6.07 Å². The van der Waals surface area contributed by atoms with Crippen LogP contribution in [0.4, 0.5) is 4.39 Å². The van der Waals surface area contributed by atoms with E-state index in [0.29, 0.717) is 5.56 Å². The van der Waals surface area contributed by atoms with Gasteiger partial charge in [0.05, 0.1) is 12.5 Å². The highest BCUT2D eigenvalue weighted by Gasteiger charge is 2.38. The summed E-state index contributed by atoms with van der Waals surface area (Å²) in [4.78, 5) is 22.9. The highest BCUT2D eigenvalue weighted by molar-refractivity contribution is 6.47. The number of nitrogens with one attached hydrogen (secondary N) is 1. The normalized spacial score (nSPS) is 16.8. The molecule has 1 heterocycles. The molecule has 0 saturated heterocycles. The van der Waals surface area contributed by atoms with E-state index in [2.05, 4.69) is 5.32 Å². The van der Waals surface area contributed by atoms with Crippen LogP contribution in [0.25, 0.3) is 0 Å². The van der Waals surface area contributed by atoms with Gasteiger partial charge in [0.1, 0.15) is 17.1 Å². The Morgan fingerprint density at radius 3 is 2.90 bits per heavy atom. The Morgan fingerprint density at radius 1 is 1.57 bits per heavy atom. The lowest BCUT2D eigenvalue weighted by atomic mass is 9.72. The molecule has 1 amide bonds. The van der Waals surface area contributed by atoms with Gasteiger partial charge in [-0.3, -0.25) is 4.79 Å². The molecule has 0 saturated carbocycles. The maximum absolute atomic E-state index is 13.9. The average Bonchev–Trinajstić information content (AvgIpc) is 2.39. The van der Waals surface area contributed by atoms with Gasteiger partial charge in [0.15, 0.2) is 0 Å². The summed E-state index contributed by atoms with van der Waals surface area (Å²) < 4.78 is 23.9. The van der Waals surface area contributed by atoms with E-state index in [-0.39, 0.29) is 30.2 Å². The monoisotopic (exact) mass is 295 g/mol. The topological polar surface area (TPSA) is 84.9 Å². The molecule has 21 heavy (non-hydrogen) atoms. The quantitative estimate of drug-likeness (QED) is 0.625. The molecule has 1 aliphatic heterocycles. The molecule has 2 N–H and O–H groups in total. The van der Waals surface area contributed by atoms with Crippen LogP contribution in [0, 0.1) is 5.82 Å². The number of carbonyl (C=O) groups excluding carboxylic acids is 2. The molecule has 1 aromatic rings. The lowest BCUT2D eigenvalue weighted by Crippen LogP contribution is -2.52. The summed E-state index contributed by atoms with van der Waals surface area (Å²) in [5, 5.41) is 12.4. The minimum Gasteiger partial charge on any atom is -0.534 e. The molecule has 0 aromatic heterocycles. The van der Waals surface area contributed by atoms with Gasteiger partial charge in [0.2, 0.25) is 5.91 Å². The molecule has 0 radical (unpaired) electrons. The predicted molar refractivity (Wildman–Crippen MR) is 72.3 cm³/mol. The first kappa shape index (κ1) is 15.3. The molecule has 0 fully saturated rings. The summed E-state index contributed by atoms with van der Waals surface area (Å²) >= 11 is 0. The van der Waals surface area contributed by atoms with Crippen LogP contribution in [0.15, 0.2) is 12.1 Å². The van der Waals surface area contributed by atoms with Crippen molar-refractivity contribution in [2.24, 2.45) is 0 Å². The van der Waals surface area contributed by atoms with Crippen molar-refractivity contribution in [2.75, 3.05) is 6.61 Å². The molecular weight excluding hydrogens is 280 g/mol. The minimum absolute atomic E-state index is 0.0393. The largest absolute Gasteiger partial charge is 0.547 e. The molecule has 1 aliphatic rings. The average molecular weight is 295 g/mol. The van der Waals surface area contributed by atoms with Crippen LogP contribution in [-0.2, 0) is 16.0 Å². The summed E-state index contributed by atoms with van der Waals surface area (Å²) in [6.45, 7) is 3.02. The number of hydrogen-bond donors (Lipinski definition) is 2. The van der Waals surface area contributed by atoms with E-state index in [1.807, 2.05) is 0 Å². The van der Waals surface area contributed by atoms with Crippen LogP contribution in [0.2, 0.25) is 0 Å². The van der Waals surface area contributed by atoms with E-state index >= 15 is 0 Å². The van der Waals surface area contributed by atoms with E-state index in [4.69, 9.17) is 9.39 Å². The molecule has 1 atom stereocenters. The molecule has 112 valence electrons. The third-order valence-corrected chi connectivity index (χ3v) is 3.08. The minimum atomic E-state index is -1.36. The van der Waals surface area contributed by atoms with Gasteiger partial charge in [0.25, 0.3) is 0 Å². The maximum Gasteiger partial charge on any atom is 0.547 e. The first-order chi connectivity index (χ1) is 9.93. The van der Waals surface area contributed by atoms with Crippen molar-refractivity contribution in [1.82, 2.24) is 5.32 Å². The smallest absolute Gasteiger partial charge is 0.534 e. The van der Waals surface area contributed by atoms with Crippen LogP contribution in [-0.4, -0.2) is 36.6 Å². The highest BCUT2D eigenvalue weighted by atomic mass is 19.1. The van der Waals surface area contributed by atoms with Gasteiger partial charge in [-0.2, -0.15) is 0 Å². The molecule has 1 aromatic carbocycles. The molecule has 2 rings (SSSR count). The van der Waals surface area contributed by atoms with Crippen molar-refractivity contribution in [1.29, 1.82) is 0 Å². The lowest BCUT2D eigenvalue weighted by Gasteiger charge is -2.28. The predicted octanol–water partition coefficient (Wildman–Crippen LogP) is 0.462. The fourth-order valence-corrected chi connectivity index (χ4v) is 2.21. The first-order valence-electron chi connectivity index (χ1n) is 6.54. The molecule has 8 heteroatoms. The number of benzene rings is 1. The Morgan fingerprint density at radius 2 is 2.29 bits per heavy atom. The standard InChI is InChI=1S/C13H15BFNO5/c1-3-20-13(18)11-9(15)5-4-8-6-10(16-7(2)17)14(19)21-12(8)11/h4-5,10,19H,3,6H2,1-2H3,(H,16,17). The van der Waals surface area contributed by atoms with Crippen molar-refractivity contribution >= 4 is 19.0 Å². The number of carbonyl (C=O) groups is 2. The third kappa shape index (κ3) is 3.16. The molecule has 0 spiro atoms. The lowest BCUT2D eigenvalue weighted by molar-refractivity contribution is -0.119. The molecule has 1 unspecified atom stereocenters. The summed E-state index contributed by atoms with van der Waals surface area (Å²) in [5.41, 5.74) is 0.179. The Balaban J connectivity index is 2.37. The molecule has 0 bridgehead atoms. The van der Waals surface area contributed by atoms with Gasteiger partial charge < -0.3 is 19.7 Å². The van der Waals surface area contributed by atoms with E-state index in [1.54, 1.807) is 6.92 Å². The number of amides is 1. The second kappa shape index (κ2) is 6.13. The van der Waals surface area contributed by atoms with Gasteiger partial charge in [-0.25, -0.2) is 9.18 Å². The second-order valence-electron chi connectivity index (χ2n) is 4.65. The van der Waals surface area contributed by atoms with Crippen LogP contribution < -0.4 is 9.97 Å². The van der Waals surface area contributed by atoms with E-state index in [1.165, 1.54) is 13.0 Å². The van der Waals surface area contributed by atoms with Crippen molar-refractivity contribution < 1.29 is 28.4 Å². The number of ether oxygens (including phenoxy) is 1. The highest BCUT2D eigenvalue weighted by Crippen LogP contribution is 2.32. The van der Waals surface area contributed by atoms with Crippen molar-refractivity contribution in [2.45, 2.75) is 26.2 Å². The Labute approximate surface area is 121 Å². The number of hydrogen-bond acceptors (Lipinski definition) is 5. The number of esters is 1. The van der Waals surface area contributed by atoms with Crippen LogP contribution in [0.1, 0.15) is 29.8 Å². The summed E-state index contributed by atoms with van der Waals surface area (Å²) in [6, 6.07) is 2.59. The zero-order chi connectivity index (χ0) is 15.6. The fraction of sp³-hybridized carbons (Fsp3) is 0.385. The van der Waals surface area contributed by atoms with E-state index in [9.17, 15) is 19.0 Å². The van der Waals surface area contributed by atoms with E-state index in [0.717, 1.165) is 6.07 Å². The SMILES string of the molecule is CCOC(=O)c1c(F)ccc2c1OB(O)C(NC(C)=O)C2. The van der Waals surface area contributed by atoms with Crippen molar-refractivity contribution in [3.63, 3.8) is 0 Å². The van der Waals surface area contributed by atoms with Gasteiger partial charge >= 0.3 is 13.1 Å². The van der Waals surface area contributed by atoms with Crippen LogP contribution in [0.5, 0.6) is 5.75 Å². The molecular formula is C13H15BFNO5. The number of halogens is 1. The third-order valence-electron chi connectivity index (χ3n) is 3.08. The second-order valence-corrected chi connectivity index (χ2v) is 4.65. The number of rotatable bonds is 3. The van der Waals surface area contributed by atoms with Crippen LogP contribution in [0.3, 0.4) is 0 Å². The summed E-state index contributed by atoms with van der Waals surface area (Å²) in [6.07, 6.45) is 0.225. The summed E-state index contributed by atoms with van der Waals surface area (Å²) in [5.74, 6) is -2.65. The first-order valence-corrected chi connectivity index (χ1v) is 6.54. The molecule has 0 aliphatic carbocycles. The zero-order valence-corrected chi connectivity index (χ0v) is 11.7. The van der Waals surface area contributed by atoms with Crippen LogP contribution >= 0.6 is 0 Å².